The van der Waals surface area contributed by atoms with E-state index in [0.29, 0.717) is 10.9 Å². The quantitative estimate of drug-likeness (QED) is 0.781. The van der Waals surface area contributed by atoms with Crippen LogP contribution in [0.2, 0.25) is 5.02 Å². The Morgan fingerprint density at radius 1 is 1.10 bits per heavy atom. The third-order valence-corrected chi connectivity index (χ3v) is 4.34. The van der Waals surface area contributed by atoms with Crippen LogP contribution in [-0.4, -0.2) is 54.3 Å². The van der Waals surface area contributed by atoms with E-state index in [-0.39, 0.29) is 11.8 Å². The number of rotatable bonds is 5. The number of ketones is 1. The number of piperazine rings is 1. The first-order valence-corrected chi connectivity index (χ1v) is 8.11. The van der Waals surface area contributed by atoms with Gasteiger partial charge >= 0.3 is 0 Å². The lowest BCUT2D eigenvalue weighted by Gasteiger charge is -2.38. The van der Waals surface area contributed by atoms with Crippen LogP contribution in [0, 0.1) is 5.92 Å². The van der Waals surface area contributed by atoms with Crippen LogP contribution in [0.25, 0.3) is 0 Å². The van der Waals surface area contributed by atoms with Crippen molar-refractivity contribution in [1.29, 1.82) is 0 Å². The monoisotopic (exact) mass is 308 g/mol. The van der Waals surface area contributed by atoms with E-state index in [1.54, 1.807) is 12.1 Å². The van der Waals surface area contributed by atoms with Crippen molar-refractivity contribution in [2.45, 2.75) is 26.8 Å². The standard InChI is InChI=1S/C17H25ClN2O/c1-13(2)12-19-8-10-20(11-9-19)14(3)17(21)15-4-6-16(18)7-5-15/h4-7,13-14H,8-12H2,1-3H3. The van der Waals surface area contributed by atoms with Crippen molar-refractivity contribution in [3.63, 3.8) is 0 Å². The zero-order chi connectivity index (χ0) is 15.4. The highest BCUT2D eigenvalue weighted by atomic mass is 35.5. The SMILES string of the molecule is CC(C)CN1CCN(C(C)C(=O)c2ccc(Cl)cc2)CC1. The molecule has 1 aliphatic rings. The van der Waals surface area contributed by atoms with Crippen molar-refractivity contribution in [3.05, 3.63) is 34.9 Å². The Kier molecular flexibility index (Phi) is 5.80. The third kappa shape index (κ3) is 4.53. The Morgan fingerprint density at radius 3 is 2.19 bits per heavy atom. The Hall–Kier alpha value is -0.900. The molecular formula is C17H25ClN2O. The summed E-state index contributed by atoms with van der Waals surface area (Å²) in [4.78, 5) is 17.3. The number of Topliss-reactive ketones (excluding diaryl/α,β-unsaturated/α-hetero) is 1. The molecule has 0 amide bonds. The molecule has 0 N–H and O–H groups in total. The fraction of sp³-hybridized carbons (Fsp3) is 0.588. The van der Waals surface area contributed by atoms with Gasteiger partial charge in [-0.25, -0.2) is 0 Å². The lowest BCUT2D eigenvalue weighted by atomic mass is 10.0. The lowest BCUT2D eigenvalue weighted by Crippen LogP contribution is -2.52. The van der Waals surface area contributed by atoms with Gasteiger partial charge in [-0.3, -0.25) is 9.69 Å². The van der Waals surface area contributed by atoms with Gasteiger partial charge in [0.05, 0.1) is 6.04 Å². The Labute approximate surface area is 132 Å². The summed E-state index contributed by atoms with van der Waals surface area (Å²) >= 11 is 5.87. The summed E-state index contributed by atoms with van der Waals surface area (Å²) < 4.78 is 0. The van der Waals surface area contributed by atoms with Gasteiger partial charge in [-0.1, -0.05) is 25.4 Å². The molecule has 4 heteroatoms. The molecule has 116 valence electrons. The van der Waals surface area contributed by atoms with E-state index >= 15 is 0 Å². The van der Waals surface area contributed by atoms with E-state index in [0.717, 1.165) is 38.3 Å². The van der Waals surface area contributed by atoms with E-state index < -0.39 is 0 Å². The van der Waals surface area contributed by atoms with Crippen molar-refractivity contribution in [1.82, 2.24) is 9.80 Å². The van der Waals surface area contributed by atoms with E-state index in [9.17, 15) is 4.79 Å². The van der Waals surface area contributed by atoms with Crippen molar-refractivity contribution < 1.29 is 4.79 Å². The maximum atomic E-state index is 12.5. The molecule has 0 spiro atoms. The van der Waals surface area contributed by atoms with Gasteiger partial charge in [-0.2, -0.15) is 0 Å². The minimum Gasteiger partial charge on any atom is -0.301 e. The average Bonchev–Trinajstić information content (AvgIpc) is 2.47. The van der Waals surface area contributed by atoms with Crippen LogP contribution in [-0.2, 0) is 0 Å². The average molecular weight is 309 g/mol. The van der Waals surface area contributed by atoms with Crippen LogP contribution in [0.4, 0.5) is 0 Å². The molecule has 1 saturated heterocycles. The van der Waals surface area contributed by atoms with Gasteiger partial charge in [0.15, 0.2) is 5.78 Å². The highest BCUT2D eigenvalue weighted by molar-refractivity contribution is 6.30. The van der Waals surface area contributed by atoms with E-state index in [1.165, 1.54) is 0 Å². The largest absolute Gasteiger partial charge is 0.301 e. The molecule has 0 aliphatic carbocycles. The van der Waals surface area contributed by atoms with Gasteiger partial charge in [0.1, 0.15) is 0 Å². The molecule has 1 heterocycles. The van der Waals surface area contributed by atoms with Gasteiger partial charge in [0.25, 0.3) is 0 Å². The molecule has 1 unspecified atom stereocenters. The highest BCUT2D eigenvalue weighted by Gasteiger charge is 2.26. The second kappa shape index (κ2) is 7.39. The minimum absolute atomic E-state index is 0.0626. The second-order valence-corrected chi connectivity index (χ2v) is 6.71. The number of benzene rings is 1. The summed E-state index contributed by atoms with van der Waals surface area (Å²) in [5.41, 5.74) is 0.747. The van der Waals surface area contributed by atoms with Crippen molar-refractivity contribution in [2.24, 2.45) is 5.92 Å². The van der Waals surface area contributed by atoms with Gasteiger partial charge in [0, 0.05) is 43.3 Å². The zero-order valence-corrected chi connectivity index (χ0v) is 13.9. The van der Waals surface area contributed by atoms with Crippen molar-refractivity contribution in [2.75, 3.05) is 32.7 Å². The van der Waals surface area contributed by atoms with Gasteiger partial charge in [-0.15, -0.1) is 0 Å². The number of carbonyl (C=O) groups is 1. The molecule has 1 aromatic rings. The number of carbonyl (C=O) groups excluding carboxylic acids is 1. The van der Waals surface area contributed by atoms with Crippen LogP contribution in [0.5, 0.6) is 0 Å². The smallest absolute Gasteiger partial charge is 0.179 e. The van der Waals surface area contributed by atoms with Gasteiger partial charge < -0.3 is 4.90 Å². The number of nitrogens with zero attached hydrogens (tertiary/aromatic N) is 2. The summed E-state index contributed by atoms with van der Waals surface area (Å²) in [6, 6.07) is 7.13. The molecule has 2 rings (SSSR count). The molecule has 0 saturated carbocycles. The molecule has 21 heavy (non-hydrogen) atoms. The third-order valence-electron chi connectivity index (χ3n) is 4.09. The summed E-state index contributed by atoms with van der Waals surface area (Å²) in [7, 11) is 0. The van der Waals surface area contributed by atoms with E-state index in [1.807, 2.05) is 19.1 Å². The predicted octanol–water partition coefficient (Wildman–Crippen LogP) is 3.18. The van der Waals surface area contributed by atoms with Crippen LogP contribution in [0.3, 0.4) is 0 Å². The molecule has 0 radical (unpaired) electrons. The maximum Gasteiger partial charge on any atom is 0.179 e. The Bertz CT molecular complexity index is 464. The van der Waals surface area contributed by atoms with E-state index in [4.69, 9.17) is 11.6 Å². The highest BCUT2D eigenvalue weighted by Crippen LogP contribution is 2.15. The first-order valence-electron chi connectivity index (χ1n) is 7.73. The summed E-state index contributed by atoms with van der Waals surface area (Å²) in [6.45, 7) is 11.7. The molecule has 0 aromatic heterocycles. The lowest BCUT2D eigenvalue weighted by molar-refractivity contribution is 0.0679. The number of hydrogen-bond donors (Lipinski definition) is 0. The van der Waals surface area contributed by atoms with Crippen LogP contribution < -0.4 is 0 Å². The maximum absolute atomic E-state index is 12.5. The molecule has 1 fully saturated rings. The molecule has 0 bridgehead atoms. The zero-order valence-electron chi connectivity index (χ0n) is 13.2. The van der Waals surface area contributed by atoms with Crippen LogP contribution in [0.1, 0.15) is 31.1 Å². The van der Waals surface area contributed by atoms with Gasteiger partial charge in [0.2, 0.25) is 0 Å². The first kappa shape index (κ1) is 16.5. The molecule has 3 nitrogen and oxygen atoms in total. The van der Waals surface area contributed by atoms with Crippen molar-refractivity contribution >= 4 is 17.4 Å². The summed E-state index contributed by atoms with van der Waals surface area (Å²) in [5.74, 6) is 0.883. The van der Waals surface area contributed by atoms with Crippen molar-refractivity contribution in [3.8, 4) is 0 Å². The normalized spacial score (nSPS) is 18.9. The van der Waals surface area contributed by atoms with Crippen LogP contribution >= 0.6 is 11.6 Å². The Balaban J connectivity index is 1.90. The fourth-order valence-electron chi connectivity index (χ4n) is 2.87. The molecule has 1 atom stereocenters. The molecule has 1 aromatic carbocycles. The summed E-state index contributed by atoms with van der Waals surface area (Å²) in [6.07, 6.45) is 0. The van der Waals surface area contributed by atoms with Crippen LogP contribution in [0.15, 0.2) is 24.3 Å². The molecule has 1 aliphatic heterocycles. The predicted molar refractivity (Wildman–Crippen MR) is 88.1 cm³/mol. The summed E-state index contributed by atoms with van der Waals surface area (Å²) in [5, 5.41) is 0.668. The number of hydrogen-bond acceptors (Lipinski definition) is 3. The Morgan fingerprint density at radius 2 is 1.67 bits per heavy atom. The first-order chi connectivity index (χ1) is 9.97. The molecular weight excluding hydrogens is 284 g/mol. The number of halogens is 1. The second-order valence-electron chi connectivity index (χ2n) is 6.28. The van der Waals surface area contributed by atoms with Gasteiger partial charge in [-0.05, 0) is 37.1 Å². The fourth-order valence-corrected chi connectivity index (χ4v) is 3.00. The van der Waals surface area contributed by atoms with E-state index in [2.05, 4.69) is 23.6 Å². The topological polar surface area (TPSA) is 23.6 Å². The minimum atomic E-state index is -0.0626.